The Kier molecular flexibility index (Phi) is 8.41. The molecule has 36 heavy (non-hydrogen) atoms. The molecule has 0 aromatic heterocycles. The number of hydrogen-bond donors (Lipinski definition) is 0. The van der Waals surface area contributed by atoms with Crippen LogP contribution in [0.15, 0.2) is 78.2 Å². The molecule has 5 nitrogen and oxygen atoms in total. The number of nitrogens with zero attached hydrogens (tertiary/aromatic N) is 1. The Labute approximate surface area is 224 Å². The van der Waals surface area contributed by atoms with Gasteiger partial charge >= 0.3 is 0 Å². The molecule has 1 heterocycles. The van der Waals surface area contributed by atoms with Crippen molar-refractivity contribution in [2.45, 2.75) is 19.6 Å². The fourth-order valence-electron chi connectivity index (χ4n) is 3.69. The van der Waals surface area contributed by atoms with Crippen LogP contribution >= 0.6 is 35.0 Å². The number of allylic oxidation sites excluding steroid dienone is 1. The molecule has 3 aromatic rings. The van der Waals surface area contributed by atoms with Gasteiger partial charge in [0.05, 0.1) is 18.6 Å². The first-order chi connectivity index (χ1) is 17.4. The SMILES string of the molecule is C=CCc1cc(/C=C2\SC(=O)N(Cc3ccc(Cl)cc3)C2=O)cc(OC)c1OCc1ccc(Cl)cc1. The van der Waals surface area contributed by atoms with Gasteiger partial charge in [0.25, 0.3) is 11.1 Å². The fraction of sp³-hybridized carbons (Fsp3) is 0.143. The lowest BCUT2D eigenvalue weighted by Gasteiger charge is -2.16. The second-order valence-electron chi connectivity index (χ2n) is 8.01. The number of halogens is 2. The minimum Gasteiger partial charge on any atom is -0.493 e. The van der Waals surface area contributed by atoms with Crippen molar-refractivity contribution in [3.8, 4) is 11.5 Å². The Hall–Kier alpha value is -3.19. The summed E-state index contributed by atoms with van der Waals surface area (Å²) in [5, 5.41) is 0.936. The average Bonchev–Trinajstić information content (AvgIpc) is 3.12. The summed E-state index contributed by atoms with van der Waals surface area (Å²) < 4.78 is 11.7. The monoisotopic (exact) mass is 539 g/mol. The van der Waals surface area contributed by atoms with E-state index in [1.807, 2.05) is 30.3 Å². The third-order valence-electron chi connectivity index (χ3n) is 5.46. The zero-order valence-electron chi connectivity index (χ0n) is 19.5. The molecule has 0 bridgehead atoms. The zero-order chi connectivity index (χ0) is 25.7. The van der Waals surface area contributed by atoms with E-state index in [0.29, 0.717) is 39.5 Å². The fourth-order valence-corrected chi connectivity index (χ4v) is 4.78. The Morgan fingerprint density at radius 1 is 0.972 bits per heavy atom. The summed E-state index contributed by atoms with van der Waals surface area (Å²) in [6.45, 7) is 4.36. The molecule has 1 aliphatic heterocycles. The van der Waals surface area contributed by atoms with Gasteiger partial charge in [-0.2, -0.15) is 0 Å². The summed E-state index contributed by atoms with van der Waals surface area (Å²) in [4.78, 5) is 27.2. The van der Waals surface area contributed by atoms with Gasteiger partial charge in [-0.25, -0.2) is 0 Å². The van der Waals surface area contributed by atoms with Crippen molar-refractivity contribution < 1.29 is 19.1 Å². The highest BCUT2D eigenvalue weighted by atomic mass is 35.5. The molecule has 184 valence electrons. The molecule has 0 unspecified atom stereocenters. The molecule has 1 aliphatic rings. The first-order valence-corrected chi connectivity index (χ1v) is 12.6. The van der Waals surface area contributed by atoms with Gasteiger partial charge in [0.2, 0.25) is 0 Å². The van der Waals surface area contributed by atoms with Crippen LogP contribution in [-0.2, 0) is 24.4 Å². The van der Waals surface area contributed by atoms with Crippen molar-refractivity contribution in [3.63, 3.8) is 0 Å². The van der Waals surface area contributed by atoms with E-state index in [1.165, 1.54) is 4.90 Å². The highest BCUT2D eigenvalue weighted by Gasteiger charge is 2.35. The van der Waals surface area contributed by atoms with Crippen LogP contribution in [0.5, 0.6) is 11.5 Å². The van der Waals surface area contributed by atoms with Crippen molar-refractivity contribution in [1.82, 2.24) is 4.90 Å². The number of benzene rings is 3. The van der Waals surface area contributed by atoms with E-state index in [-0.39, 0.29) is 17.7 Å². The average molecular weight is 540 g/mol. The van der Waals surface area contributed by atoms with Crippen molar-refractivity contribution in [2.24, 2.45) is 0 Å². The van der Waals surface area contributed by atoms with Gasteiger partial charge in [0, 0.05) is 15.6 Å². The van der Waals surface area contributed by atoms with Gasteiger partial charge in [-0.15, -0.1) is 6.58 Å². The van der Waals surface area contributed by atoms with E-state index in [1.54, 1.807) is 49.6 Å². The van der Waals surface area contributed by atoms with Crippen LogP contribution in [0.4, 0.5) is 4.79 Å². The Morgan fingerprint density at radius 2 is 1.61 bits per heavy atom. The van der Waals surface area contributed by atoms with Crippen LogP contribution < -0.4 is 9.47 Å². The van der Waals surface area contributed by atoms with Gasteiger partial charge in [-0.05, 0) is 77.3 Å². The number of methoxy groups -OCH3 is 1. The number of carbonyl (C=O) groups is 2. The lowest BCUT2D eigenvalue weighted by atomic mass is 10.0. The van der Waals surface area contributed by atoms with Crippen LogP contribution in [0, 0.1) is 0 Å². The predicted octanol–water partition coefficient (Wildman–Crippen LogP) is 7.55. The first kappa shape index (κ1) is 25.9. The number of carbonyl (C=O) groups excluding carboxylic acids is 2. The Bertz CT molecular complexity index is 1320. The maximum Gasteiger partial charge on any atom is 0.293 e. The standard InChI is InChI=1S/C28H23Cl2NO4S/c1-3-4-21-13-20(14-24(34-2)26(21)35-17-19-7-11-23(30)12-8-19)15-25-27(32)31(28(33)36-25)16-18-5-9-22(29)10-6-18/h3,5-15H,1,4,16-17H2,2H3/b25-15-. The second kappa shape index (κ2) is 11.7. The molecule has 1 saturated heterocycles. The molecule has 3 aromatic carbocycles. The lowest BCUT2D eigenvalue weighted by molar-refractivity contribution is -0.123. The quantitative estimate of drug-likeness (QED) is 0.207. The van der Waals surface area contributed by atoms with E-state index in [9.17, 15) is 9.59 Å². The van der Waals surface area contributed by atoms with Crippen molar-refractivity contribution >= 4 is 52.2 Å². The van der Waals surface area contributed by atoms with E-state index in [0.717, 1.165) is 34.0 Å². The van der Waals surface area contributed by atoms with Crippen LogP contribution in [0.1, 0.15) is 22.3 Å². The number of hydrogen-bond acceptors (Lipinski definition) is 5. The van der Waals surface area contributed by atoms with Crippen LogP contribution in [-0.4, -0.2) is 23.2 Å². The molecule has 2 amide bonds. The topological polar surface area (TPSA) is 55.8 Å². The molecule has 8 heteroatoms. The van der Waals surface area contributed by atoms with E-state index in [2.05, 4.69) is 6.58 Å². The van der Waals surface area contributed by atoms with Gasteiger partial charge < -0.3 is 9.47 Å². The number of thioether (sulfide) groups is 1. The van der Waals surface area contributed by atoms with Gasteiger partial charge in [-0.1, -0.05) is 53.5 Å². The van der Waals surface area contributed by atoms with E-state index >= 15 is 0 Å². The van der Waals surface area contributed by atoms with Gasteiger partial charge in [0.15, 0.2) is 11.5 Å². The smallest absolute Gasteiger partial charge is 0.293 e. The van der Waals surface area contributed by atoms with Crippen LogP contribution in [0.2, 0.25) is 10.0 Å². The third kappa shape index (κ3) is 6.13. The molecule has 0 saturated carbocycles. The molecule has 4 rings (SSSR count). The summed E-state index contributed by atoms with van der Waals surface area (Å²) in [6.07, 6.45) is 4.00. The molecular formula is C28H23Cl2NO4S. The molecule has 0 radical (unpaired) electrons. The van der Waals surface area contributed by atoms with Crippen molar-refractivity contribution in [3.05, 3.63) is 111 Å². The van der Waals surface area contributed by atoms with Gasteiger partial charge in [-0.3, -0.25) is 14.5 Å². The van der Waals surface area contributed by atoms with Crippen molar-refractivity contribution in [2.75, 3.05) is 7.11 Å². The van der Waals surface area contributed by atoms with E-state index in [4.69, 9.17) is 32.7 Å². The lowest BCUT2D eigenvalue weighted by Crippen LogP contribution is -2.27. The normalized spacial score (nSPS) is 14.4. The zero-order valence-corrected chi connectivity index (χ0v) is 21.8. The molecular weight excluding hydrogens is 517 g/mol. The Balaban J connectivity index is 1.58. The largest absolute Gasteiger partial charge is 0.493 e. The van der Waals surface area contributed by atoms with Crippen LogP contribution in [0.3, 0.4) is 0 Å². The minimum absolute atomic E-state index is 0.182. The highest BCUT2D eigenvalue weighted by Crippen LogP contribution is 2.38. The maximum atomic E-state index is 13.0. The van der Waals surface area contributed by atoms with Crippen molar-refractivity contribution in [1.29, 1.82) is 0 Å². The second-order valence-corrected chi connectivity index (χ2v) is 9.88. The van der Waals surface area contributed by atoms with E-state index < -0.39 is 0 Å². The summed E-state index contributed by atoms with van der Waals surface area (Å²) in [5.41, 5.74) is 3.36. The third-order valence-corrected chi connectivity index (χ3v) is 6.87. The minimum atomic E-state index is -0.341. The maximum absolute atomic E-state index is 13.0. The molecule has 0 spiro atoms. The predicted molar refractivity (Wildman–Crippen MR) is 146 cm³/mol. The molecule has 0 atom stereocenters. The number of ether oxygens (including phenoxy) is 2. The summed E-state index contributed by atoms with van der Waals surface area (Å²) in [5.74, 6) is 0.780. The Morgan fingerprint density at radius 3 is 2.22 bits per heavy atom. The summed E-state index contributed by atoms with van der Waals surface area (Å²) >= 11 is 12.8. The summed E-state index contributed by atoms with van der Waals surface area (Å²) in [6, 6.07) is 18.2. The van der Waals surface area contributed by atoms with Crippen LogP contribution in [0.25, 0.3) is 6.08 Å². The molecule has 0 aliphatic carbocycles. The first-order valence-electron chi connectivity index (χ1n) is 11.1. The highest BCUT2D eigenvalue weighted by molar-refractivity contribution is 8.18. The number of imide groups is 1. The summed E-state index contributed by atoms with van der Waals surface area (Å²) in [7, 11) is 1.56. The molecule has 0 N–H and O–H groups in total. The molecule has 1 fully saturated rings. The van der Waals surface area contributed by atoms with Gasteiger partial charge in [0.1, 0.15) is 6.61 Å². The number of rotatable bonds is 9. The number of amides is 2.